The quantitative estimate of drug-likeness (QED) is 0.754. The molecule has 0 bridgehead atoms. The third-order valence-electron chi connectivity index (χ3n) is 2.10. The Labute approximate surface area is 100 Å². The van der Waals surface area contributed by atoms with Crippen molar-refractivity contribution < 1.29 is 9.53 Å². The van der Waals surface area contributed by atoms with Gasteiger partial charge in [-0.25, -0.2) is 4.79 Å². The molecular formula is C12H14ClNO2. The normalized spacial score (nSPS) is 10.1. The molecule has 0 atom stereocenters. The third-order valence-corrected chi connectivity index (χ3v) is 2.39. The summed E-state index contributed by atoms with van der Waals surface area (Å²) in [6.45, 7) is 0.534. The lowest BCUT2D eigenvalue weighted by Crippen LogP contribution is -2.14. The molecule has 0 aromatic heterocycles. The van der Waals surface area contributed by atoms with E-state index in [0.29, 0.717) is 22.9 Å². The van der Waals surface area contributed by atoms with E-state index in [-0.39, 0.29) is 0 Å². The van der Waals surface area contributed by atoms with Gasteiger partial charge >= 0.3 is 0 Å². The average molecular weight is 240 g/mol. The van der Waals surface area contributed by atoms with Gasteiger partial charge < -0.3 is 9.64 Å². The molecule has 0 radical (unpaired) electrons. The van der Waals surface area contributed by atoms with Crippen molar-refractivity contribution in [2.45, 2.75) is 0 Å². The molecule has 0 heterocycles. The summed E-state index contributed by atoms with van der Waals surface area (Å²) in [5, 5.41) is 0.492. The fourth-order valence-electron chi connectivity index (χ4n) is 1.35. The van der Waals surface area contributed by atoms with Gasteiger partial charge in [0, 0.05) is 6.54 Å². The zero-order chi connectivity index (χ0) is 12.1. The van der Waals surface area contributed by atoms with Gasteiger partial charge in [-0.3, -0.25) is 0 Å². The second-order valence-electron chi connectivity index (χ2n) is 3.67. The Morgan fingerprint density at radius 1 is 1.50 bits per heavy atom. The minimum absolute atomic E-state index is 0.492. The van der Waals surface area contributed by atoms with Crippen molar-refractivity contribution in [2.75, 3.05) is 27.7 Å². The zero-order valence-corrected chi connectivity index (χ0v) is 10.3. The molecule has 0 N–H and O–H groups in total. The Balaban J connectivity index is 3.04. The first-order chi connectivity index (χ1) is 7.58. The molecule has 0 aliphatic heterocycles. The molecule has 1 aromatic carbocycles. The molecule has 0 aliphatic carbocycles. The van der Waals surface area contributed by atoms with Crippen LogP contribution in [0.4, 0.5) is 0 Å². The summed E-state index contributed by atoms with van der Waals surface area (Å²) in [7, 11) is 5.34. The van der Waals surface area contributed by atoms with Crippen LogP contribution >= 0.6 is 11.6 Å². The highest BCUT2D eigenvalue weighted by molar-refractivity contribution is 6.32. The number of nitrogens with zero attached hydrogens (tertiary/aromatic N) is 1. The van der Waals surface area contributed by atoms with Gasteiger partial charge in [0.1, 0.15) is 11.7 Å². The van der Waals surface area contributed by atoms with E-state index in [1.807, 2.05) is 24.9 Å². The number of hydrogen-bond donors (Lipinski definition) is 0. The second-order valence-corrected chi connectivity index (χ2v) is 4.07. The Bertz CT molecular complexity index is 423. The Hall–Kier alpha value is -1.28. The highest BCUT2D eigenvalue weighted by Crippen LogP contribution is 2.27. The van der Waals surface area contributed by atoms with E-state index in [4.69, 9.17) is 16.3 Å². The predicted molar refractivity (Wildman–Crippen MR) is 65.7 cm³/mol. The van der Waals surface area contributed by atoms with Gasteiger partial charge in [-0.15, -0.1) is 0 Å². The maximum atomic E-state index is 10.8. The standard InChI is InChI=1S/C12H14ClNO2/c1-14(2)7-10(8-15)9-4-5-12(16-3)11(13)6-9/h4-6H,7H2,1-3H3. The van der Waals surface area contributed by atoms with E-state index in [1.54, 1.807) is 25.3 Å². The first kappa shape index (κ1) is 12.8. The molecular weight excluding hydrogens is 226 g/mol. The van der Waals surface area contributed by atoms with Gasteiger partial charge in [0.15, 0.2) is 0 Å². The second kappa shape index (κ2) is 5.71. The fourth-order valence-corrected chi connectivity index (χ4v) is 1.61. The summed E-state index contributed by atoms with van der Waals surface area (Å²) in [5.41, 5.74) is 1.35. The van der Waals surface area contributed by atoms with Crippen molar-refractivity contribution in [2.24, 2.45) is 0 Å². The largest absolute Gasteiger partial charge is 0.495 e. The highest BCUT2D eigenvalue weighted by Gasteiger charge is 2.07. The van der Waals surface area contributed by atoms with Crippen LogP contribution in [0.25, 0.3) is 5.57 Å². The lowest BCUT2D eigenvalue weighted by Gasteiger charge is -2.11. The summed E-state index contributed by atoms with van der Waals surface area (Å²) in [5.74, 6) is 2.54. The molecule has 0 amide bonds. The van der Waals surface area contributed by atoms with Gasteiger partial charge in [-0.05, 0) is 31.8 Å². The van der Waals surface area contributed by atoms with Gasteiger partial charge in [-0.1, -0.05) is 17.7 Å². The molecule has 0 unspecified atom stereocenters. The van der Waals surface area contributed by atoms with Gasteiger partial charge in [0.2, 0.25) is 0 Å². The Kier molecular flexibility index (Phi) is 4.56. The monoisotopic (exact) mass is 239 g/mol. The van der Waals surface area contributed by atoms with Crippen LogP contribution in [0, 0.1) is 0 Å². The van der Waals surface area contributed by atoms with Gasteiger partial charge in [0.05, 0.1) is 17.7 Å². The topological polar surface area (TPSA) is 29.5 Å². The van der Waals surface area contributed by atoms with Crippen LogP contribution in [-0.4, -0.2) is 38.6 Å². The molecule has 4 heteroatoms. The van der Waals surface area contributed by atoms with E-state index in [0.717, 1.165) is 5.56 Å². The van der Waals surface area contributed by atoms with Crippen LogP contribution in [0.15, 0.2) is 18.2 Å². The van der Waals surface area contributed by atoms with Crippen LogP contribution in [0.5, 0.6) is 5.75 Å². The summed E-state index contributed by atoms with van der Waals surface area (Å²) in [4.78, 5) is 12.7. The maximum absolute atomic E-state index is 10.8. The van der Waals surface area contributed by atoms with Crippen molar-refractivity contribution in [3.05, 3.63) is 28.8 Å². The Morgan fingerprint density at radius 3 is 2.62 bits per heavy atom. The SMILES string of the molecule is COc1ccc(C(=C=O)CN(C)C)cc1Cl. The number of likely N-dealkylation sites (N-methyl/N-ethyl adjacent to an activating group) is 1. The molecule has 3 nitrogen and oxygen atoms in total. The fraction of sp³-hybridized carbons (Fsp3) is 0.333. The average Bonchev–Trinajstić information content (AvgIpc) is 2.25. The van der Waals surface area contributed by atoms with E-state index in [1.165, 1.54) is 0 Å². The van der Waals surface area contributed by atoms with Gasteiger partial charge in [-0.2, -0.15) is 0 Å². The molecule has 0 fully saturated rings. The van der Waals surface area contributed by atoms with E-state index in [2.05, 4.69) is 0 Å². The number of hydrogen-bond acceptors (Lipinski definition) is 3. The summed E-state index contributed by atoms with van der Waals surface area (Å²) >= 11 is 5.99. The number of rotatable bonds is 4. The minimum atomic E-state index is 0.492. The highest BCUT2D eigenvalue weighted by atomic mass is 35.5. The molecule has 86 valence electrons. The Morgan fingerprint density at radius 2 is 2.19 bits per heavy atom. The van der Waals surface area contributed by atoms with Crippen molar-refractivity contribution in [1.29, 1.82) is 0 Å². The maximum Gasteiger partial charge on any atom is 0.137 e. The van der Waals surface area contributed by atoms with E-state index >= 15 is 0 Å². The number of ether oxygens (including phenoxy) is 1. The molecule has 16 heavy (non-hydrogen) atoms. The smallest absolute Gasteiger partial charge is 0.137 e. The lowest BCUT2D eigenvalue weighted by atomic mass is 10.1. The summed E-state index contributed by atoms with van der Waals surface area (Å²) in [6, 6.07) is 5.25. The minimum Gasteiger partial charge on any atom is -0.495 e. The molecule has 0 spiro atoms. The summed E-state index contributed by atoms with van der Waals surface area (Å²) in [6.07, 6.45) is 0. The molecule has 0 saturated carbocycles. The lowest BCUT2D eigenvalue weighted by molar-refractivity contribution is 0.415. The molecule has 1 aromatic rings. The van der Waals surface area contributed by atoms with Crippen LogP contribution in [0.1, 0.15) is 5.56 Å². The van der Waals surface area contributed by atoms with Crippen LogP contribution in [0.2, 0.25) is 5.02 Å². The van der Waals surface area contributed by atoms with E-state index in [9.17, 15) is 4.79 Å². The van der Waals surface area contributed by atoms with Crippen molar-refractivity contribution in [1.82, 2.24) is 4.90 Å². The number of methoxy groups -OCH3 is 1. The van der Waals surface area contributed by atoms with Crippen LogP contribution in [0.3, 0.4) is 0 Å². The van der Waals surface area contributed by atoms with E-state index < -0.39 is 0 Å². The van der Waals surface area contributed by atoms with Crippen molar-refractivity contribution >= 4 is 23.1 Å². The van der Waals surface area contributed by atoms with Gasteiger partial charge in [0.25, 0.3) is 0 Å². The third kappa shape index (κ3) is 3.11. The van der Waals surface area contributed by atoms with Crippen LogP contribution in [-0.2, 0) is 4.79 Å². The van der Waals surface area contributed by atoms with Crippen molar-refractivity contribution in [3.8, 4) is 5.75 Å². The molecule has 0 aliphatic rings. The molecule has 0 saturated heterocycles. The first-order valence-corrected chi connectivity index (χ1v) is 5.19. The number of halogens is 1. The first-order valence-electron chi connectivity index (χ1n) is 4.81. The predicted octanol–water partition coefficient (Wildman–Crippen LogP) is 2.13. The zero-order valence-electron chi connectivity index (χ0n) is 9.58. The summed E-state index contributed by atoms with van der Waals surface area (Å²) < 4.78 is 5.04. The number of benzene rings is 1. The number of carbonyl (C=O) groups excluding carboxylic acids is 1. The van der Waals surface area contributed by atoms with Crippen molar-refractivity contribution in [3.63, 3.8) is 0 Å². The molecule has 1 rings (SSSR count). The van der Waals surface area contributed by atoms with Crippen LogP contribution < -0.4 is 4.74 Å².